The van der Waals surface area contributed by atoms with Gasteiger partial charge in [0.2, 0.25) is 11.8 Å². The quantitative estimate of drug-likeness (QED) is 0.114. The number of rotatable bonds is 11. The summed E-state index contributed by atoms with van der Waals surface area (Å²) in [5, 5.41) is 8.69. The molecule has 12 nitrogen and oxygen atoms in total. The summed E-state index contributed by atoms with van der Waals surface area (Å²) in [5.41, 5.74) is 6.04. The van der Waals surface area contributed by atoms with E-state index in [1.54, 1.807) is 17.5 Å². The fraction of sp³-hybridized carbons (Fsp3) is 0.415. The summed E-state index contributed by atoms with van der Waals surface area (Å²) in [6.45, 7) is 7.15. The number of carbonyl (C=O) groups is 3. The Labute approximate surface area is 318 Å². The SMILES string of the molecule is COC(=O)N[C@H](C(=O)N1CCC[C@H]1c1ncc(-c2ccc(-c3ccc(-c4cnc([C@H]5[C@H](C(=O)NCc6nccs6)[C@@H]6CC6[C@H]5C)[nH]4)cc3)cc2)[nH]1)C(C)C. The lowest BCUT2D eigenvalue weighted by atomic mass is 9.84. The minimum Gasteiger partial charge on any atom is -0.453 e. The molecule has 7 atom stereocenters. The maximum Gasteiger partial charge on any atom is 0.407 e. The van der Waals surface area contributed by atoms with Crippen LogP contribution in [0, 0.1) is 29.6 Å². The Kier molecular flexibility index (Phi) is 9.82. The van der Waals surface area contributed by atoms with Crippen molar-refractivity contribution in [1.29, 1.82) is 0 Å². The molecule has 2 aliphatic carbocycles. The maximum atomic E-state index is 13.5. The molecular weight excluding hydrogens is 701 g/mol. The van der Waals surface area contributed by atoms with Crippen molar-refractivity contribution in [2.45, 2.75) is 64.6 Å². The summed E-state index contributed by atoms with van der Waals surface area (Å²) in [5.74, 6) is 2.89. The van der Waals surface area contributed by atoms with Crippen molar-refractivity contribution in [2.75, 3.05) is 13.7 Å². The number of nitrogens with zero attached hydrogens (tertiary/aromatic N) is 4. The summed E-state index contributed by atoms with van der Waals surface area (Å²) in [6.07, 6.45) is 7.63. The zero-order valence-electron chi connectivity index (χ0n) is 30.9. The van der Waals surface area contributed by atoms with Gasteiger partial charge in [0.1, 0.15) is 22.7 Å². The van der Waals surface area contributed by atoms with Crippen LogP contribution < -0.4 is 10.6 Å². The van der Waals surface area contributed by atoms with E-state index in [9.17, 15) is 14.4 Å². The Bertz CT molecular complexity index is 2110. The number of benzene rings is 2. The van der Waals surface area contributed by atoms with Crippen molar-refractivity contribution < 1.29 is 19.1 Å². The molecule has 3 fully saturated rings. The van der Waals surface area contributed by atoms with Gasteiger partial charge in [-0.1, -0.05) is 69.3 Å². The third-order valence-electron chi connectivity index (χ3n) is 11.7. The van der Waals surface area contributed by atoms with Crippen LogP contribution in [-0.2, 0) is 20.9 Å². The van der Waals surface area contributed by atoms with Gasteiger partial charge in [0.25, 0.3) is 0 Å². The van der Waals surface area contributed by atoms with Crippen LogP contribution >= 0.6 is 11.3 Å². The molecule has 3 aliphatic rings. The van der Waals surface area contributed by atoms with Gasteiger partial charge in [0.15, 0.2) is 0 Å². The highest BCUT2D eigenvalue weighted by atomic mass is 32.1. The molecule has 3 amide bonds. The van der Waals surface area contributed by atoms with Gasteiger partial charge in [0.05, 0.1) is 49.4 Å². The van der Waals surface area contributed by atoms with E-state index in [1.807, 2.05) is 36.5 Å². The van der Waals surface area contributed by atoms with E-state index in [2.05, 4.69) is 86.0 Å². The first-order valence-corrected chi connectivity index (χ1v) is 19.7. The van der Waals surface area contributed by atoms with Gasteiger partial charge in [-0.25, -0.2) is 19.7 Å². The Morgan fingerprint density at radius 3 is 2.15 bits per heavy atom. The van der Waals surface area contributed by atoms with Crippen LogP contribution in [0.1, 0.15) is 68.6 Å². The molecule has 2 saturated carbocycles. The second-order valence-corrected chi connectivity index (χ2v) is 16.2. The van der Waals surface area contributed by atoms with Crippen molar-refractivity contribution in [3.8, 4) is 33.6 Å². The van der Waals surface area contributed by atoms with E-state index in [0.29, 0.717) is 30.8 Å². The lowest BCUT2D eigenvalue weighted by Crippen LogP contribution is -2.51. The Hall–Kier alpha value is -5.30. The summed E-state index contributed by atoms with van der Waals surface area (Å²) in [4.78, 5) is 61.6. The van der Waals surface area contributed by atoms with E-state index in [-0.39, 0.29) is 35.6 Å². The number of carbonyl (C=O) groups excluding carboxylic acids is 3. The van der Waals surface area contributed by atoms with E-state index >= 15 is 0 Å². The van der Waals surface area contributed by atoms with E-state index in [1.165, 1.54) is 7.11 Å². The monoisotopic (exact) mass is 746 g/mol. The number of aromatic amines is 2. The van der Waals surface area contributed by atoms with Crippen LogP contribution in [0.5, 0.6) is 0 Å². The van der Waals surface area contributed by atoms with Crippen LogP contribution in [0.4, 0.5) is 4.79 Å². The highest BCUT2D eigenvalue weighted by Gasteiger charge is 2.61. The molecular formula is C41H46N8O4S. The fourth-order valence-corrected chi connectivity index (χ4v) is 9.25. The number of likely N-dealkylation sites (tertiary alicyclic amines) is 1. The first-order valence-electron chi connectivity index (χ1n) is 18.8. The molecule has 1 saturated heterocycles. The molecule has 3 aromatic heterocycles. The van der Waals surface area contributed by atoms with E-state index in [4.69, 9.17) is 9.72 Å². The Morgan fingerprint density at radius 2 is 1.54 bits per heavy atom. The molecule has 54 heavy (non-hydrogen) atoms. The predicted molar refractivity (Wildman–Crippen MR) is 206 cm³/mol. The minimum absolute atomic E-state index is 0.0645. The van der Waals surface area contributed by atoms with Crippen LogP contribution in [-0.4, -0.2) is 67.4 Å². The van der Waals surface area contributed by atoms with Crippen LogP contribution in [0.2, 0.25) is 0 Å². The average Bonchev–Trinajstić information content (AvgIpc) is 3.84. The van der Waals surface area contributed by atoms with Gasteiger partial charge in [-0.3, -0.25) is 9.59 Å². The average molecular weight is 747 g/mol. The largest absolute Gasteiger partial charge is 0.453 e. The molecule has 5 aromatic rings. The van der Waals surface area contributed by atoms with Crippen molar-refractivity contribution in [2.24, 2.45) is 29.6 Å². The van der Waals surface area contributed by atoms with Crippen molar-refractivity contribution in [3.05, 3.63) is 89.2 Å². The number of ether oxygens (including phenoxy) is 1. The van der Waals surface area contributed by atoms with Gasteiger partial charge in [-0.05, 0) is 65.2 Å². The number of nitrogens with one attached hydrogen (secondary N) is 4. The number of imidazole rings is 2. The standard InChI is InChI=1S/C41H46N8O4S/c1-22(2)36(48-41(52)53-4)40(51)49-16-5-6-32(49)37-43-19-30(46-37)26-11-7-24(8-12-26)25-9-13-27(14-10-25)31-20-44-38(47-31)34-23(3)28-18-29(28)35(34)39(50)45-21-33-42-15-17-54-33/h7-15,17,19-20,22-23,28-29,32,34-36H,5-6,16,18,21H2,1-4H3,(H,43,46)(H,44,47)(H,45,50)(H,48,52)/t23-,28?,29-,32+,34-,35-,36+/m1/s1. The summed E-state index contributed by atoms with van der Waals surface area (Å²) >= 11 is 1.56. The number of thiazole rings is 1. The minimum atomic E-state index is -0.676. The van der Waals surface area contributed by atoms with Crippen LogP contribution in [0.3, 0.4) is 0 Å². The lowest BCUT2D eigenvalue weighted by molar-refractivity contribution is -0.135. The van der Waals surface area contributed by atoms with Crippen molar-refractivity contribution in [3.63, 3.8) is 0 Å². The van der Waals surface area contributed by atoms with Crippen molar-refractivity contribution >= 4 is 29.2 Å². The Morgan fingerprint density at radius 1 is 0.907 bits per heavy atom. The second-order valence-electron chi connectivity index (χ2n) is 15.2. The first-order chi connectivity index (χ1) is 26.2. The molecule has 2 aromatic carbocycles. The number of alkyl carbamates (subject to hydrolysis) is 1. The van der Waals surface area contributed by atoms with Crippen LogP contribution in [0.15, 0.2) is 72.5 Å². The van der Waals surface area contributed by atoms with Gasteiger partial charge in [-0.2, -0.15) is 0 Å². The lowest BCUT2D eigenvalue weighted by Gasteiger charge is -2.30. The summed E-state index contributed by atoms with van der Waals surface area (Å²) < 4.78 is 4.76. The molecule has 0 bridgehead atoms. The molecule has 0 spiro atoms. The molecule has 1 aliphatic heterocycles. The number of fused-ring (bicyclic) bond motifs is 1. The number of hydrogen-bond donors (Lipinski definition) is 4. The summed E-state index contributed by atoms with van der Waals surface area (Å²) in [7, 11) is 1.30. The smallest absolute Gasteiger partial charge is 0.407 e. The highest BCUT2D eigenvalue weighted by molar-refractivity contribution is 7.09. The molecule has 8 rings (SSSR count). The normalized spacial score (nSPS) is 23.6. The molecule has 1 unspecified atom stereocenters. The second kappa shape index (κ2) is 14.8. The molecule has 4 heterocycles. The van der Waals surface area contributed by atoms with Gasteiger partial charge < -0.3 is 30.2 Å². The van der Waals surface area contributed by atoms with Gasteiger partial charge >= 0.3 is 6.09 Å². The van der Waals surface area contributed by atoms with E-state index in [0.717, 1.165) is 69.6 Å². The van der Waals surface area contributed by atoms with Crippen molar-refractivity contribution in [1.82, 2.24) is 40.5 Å². The number of H-pyrrole nitrogens is 2. The molecule has 13 heteroatoms. The third-order valence-corrected chi connectivity index (χ3v) is 12.4. The van der Waals surface area contributed by atoms with E-state index < -0.39 is 12.1 Å². The first kappa shape index (κ1) is 35.7. The third kappa shape index (κ3) is 6.92. The molecule has 4 N–H and O–H groups in total. The predicted octanol–water partition coefficient (Wildman–Crippen LogP) is 6.94. The molecule has 0 radical (unpaired) electrons. The fourth-order valence-electron chi connectivity index (χ4n) is 8.69. The van der Waals surface area contributed by atoms with Gasteiger partial charge in [-0.15, -0.1) is 11.3 Å². The number of amides is 3. The van der Waals surface area contributed by atoms with Gasteiger partial charge in [0, 0.05) is 24.0 Å². The highest BCUT2D eigenvalue weighted by Crippen LogP contribution is 2.64. The zero-order chi connectivity index (χ0) is 37.5. The number of aromatic nitrogens is 5. The topological polar surface area (TPSA) is 158 Å². The Balaban J connectivity index is 0.920. The maximum absolute atomic E-state index is 13.5. The summed E-state index contributed by atoms with van der Waals surface area (Å²) in [6, 6.07) is 15.9. The number of hydrogen-bond acceptors (Lipinski definition) is 8. The number of methoxy groups -OCH3 is 1. The zero-order valence-corrected chi connectivity index (χ0v) is 31.7. The van der Waals surface area contributed by atoms with Crippen LogP contribution in [0.25, 0.3) is 33.6 Å². The molecule has 280 valence electrons.